The lowest BCUT2D eigenvalue weighted by Crippen LogP contribution is -2.40. The van der Waals surface area contributed by atoms with Gasteiger partial charge < -0.3 is 9.32 Å². The number of carbonyl (C=O) groups excluding carboxylic acids is 1. The number of hydrogen-bond acceptors (Lipinski definition) is 6. The van der Waals surface area contributed by atoms with Gasteiger partial charge >= 0.3 is 0 Å². The van der Waals surface area contributed by atoms with Crippen LogP contribution in [0.15, 0.2) is 53.4 Å². The first kappa shape index (κ1) is 16.7. The van der Waals surface area contributed by atoms with Crippen molar-refractivity contribution in [1.29, 1.82) is 0 Å². The first-order valence-corrected chi connectivity index (χ1v) is 10.1. The minimum absolute atomic E-state index is 0.0210. The van der Waals surface area contributed by atoms with E-state index in [-0.39, 0.29) is 30.0 Å². The van der Waals surface area contributed by atoms with Gasteiger partial charge in [0, 0.05) is 24.0 Å². The highest BCUT2D eigenvalue weighted by molar-refractivity contribution is 7.91. The number of nitrogens with zero attached hydrogens (tertiary/aromatic N) is 3. The number of sulfone groups is 1. The van der Waals surface area contributed by atoms with Crippen molar-refractivity contribution in [1.82, 2.24) is 14.9 Å². The first-order chi connectivity index (χ1) is 12.5. The van der Waals surface area contributed by atoms with Gasteiger partial charge in [0.15, 0.2) is 9.84 Å². The standard InChI is InChI=1S/C18H17N3O4S/c22-18(13-3-4-16-17(10-13)20-7-6-19-16)21(11-15-2-1-8-25-15)14-5-9-26(23,24)12-14/h1-4,6-8,10,14H,5,9,11-12H2/t14-/m1/s1. The van der Waals surface area contributed by atoms with Gasteiger partial charge in [0.05, 0.1) is 35.3 Å². The molecular weight excluding hydrogens is 354 g/mol. The van der Waals surface area contributed by atoms with Crippen LogP contribution in [0.2, 0.25) is 0 Å². The van der Waals surface area contributed by atoms with Crippen LogP contribution in [0.4, 0.5) is 0 Å². The molecule has 0 aliphatic carbocycles. The minimum atomic E-state index is -3.12. The van der Waals surface area contributed by atoms with E-state index in [0.717, 1.165) is 0 Å². The SMILES string of the molecule is O=C(c1ccc2nccnc2c1)N(Cc1ccco1)[C@@H]1CCS(=O)(=O)C1. The van der Waals surface area contributed by atoms with E-state index in [1.165, 1.54) is 6.26 Å². The Balaban J connectivity index is 1.68. The van der Waals surface area contributed by atoms with E-state index >= 15 is 0 Å². The van der Waals surface area contributed by atoms with Crippen LogP contribution in [-0.2, 0) is 16.4 Å². The lowest BCUT2D eigenvalue weighted by molar-refractivity contribution is 0.0666. The summed E-state index contributed by atoms with van der Waals surface area (Å²) in [6.45, 7) is 0.227. The first-order valence-electron chi connectivity index (χ1n) is 8.26. The fourth-order valence-electron chi connectivity index (χ4n) is 3.22. The summed E-state index contributed by atoms with van der Waals surface area (Å²) in [5.74, 6) is 0.453. The third kappa shape index (κ3) is 3.32. The average molecular weight is 371 g/mol. The van der Waals surface area contributed by atoms with Crippen LogP contribution in [0.1, 0.15) is 22.5 Å². The van der Waals surface area contributed by atoms with Gasteiger partial charge in [0.1, 0.15) is 5.76 Å². The molecule has 0 N–H and O–H groups in total. The van der Waals surface area contributed by atoms with E-state index in [2.05, 4.69) is 9.97 Å². The molecule has 1 fully saturated rings. The number of aromatic nitrogens is 2. The van der Waals surface area contributed by atoms with Gasteiger partial charge in [0.25, 0.3) is 5.91 Å². The lowest BCUT2D eigenvalue weighted by Gasteiger charge is -2.27. The molecule has 26 heavy (non-hydrogen) atoms. The van der Waals surface area contributed by atoms with Crippen molar-refractivity contribution in [2.75, 3.05) is 11.5 Å². The van der Waals surface area contributed by atoms with Gasteiger partial charge in [-0.25, -0.2) is 8.42 Å². The van der Waals surface area contributed by atoms with E-state index in [9.17, 15) is 13.2 Å². The molecule has 1 saturated heterocycles. The van der Waals surface area contributed by atoms with Gasteiger partial charge in [-0.05, 0) is 36.8 Å². The maximum Gasteiger partial charge on any atom is 0.254 e. The van der Waals surface area contributed by atoms with Crippen molar-refractivity contribution >= 4 is 26.8 Å². The van der Waals surface area contributed by atoms with E-state index in [0.29, 0.717) is 28.8 Å². The van der Waals surface area contributed by atoms with Gasteiger partial charge in [0.2, 0.25) is 0 Å². The molecule has 1 aromatic carbocycles. The summed E-state index contributed by atoms with van der Waals surface area (Å²) >= 11 is 0. The zero-order valence-corrected chi connectivity index (χ0v) is 14.7. The molecule has 4 rings (SSSR count). The molecule has 8 heteroatoms. The minimum Gasteiger partial charge on any atom is -0.467 e. The molecule has 134 valence electrons. The fraction of sp³-hybridized carbons (Fsp3) is 0.278. The number of amides is 1. The van der Waals surface area contributed by atoms with Crippen molar-refractivity contribution in [2.45, 2.75) is 19.0 Å². The Kier molecular flexibility index (Phi) is 4.20. The second kappa shape index (κ2) is 6.53. The predicted molar refractivity (Wildman–Crippen MR) is 95.2 cm³/mol. The zero-order chi connectivity index (χ0) is 18.1. The molecule has 3 heterocycles. The summed E-state index contributed by atoms with van der Waals surface area (Å²) < 4.78 is 29.2. The van der Waals surface area contributed by atoms with Crippen molar-refractivity contribution in [3.63, 3.8) is 0 Å². The van der Waals surface area contributed by atoms with Crippen molar-refractivity contribution in [2.24, 2.45) is 0 Å². The largest absolute Gasteiger partial charge is 0.467 e. The molecule has 1 atom stereocenters. The number of furan rings is 1. The smallest absolute Gasteiger partial charge is 0.254 e. The number of rotatable bonds is 4. The maximum atomic E-state index is 13.2. The fourth-order valence-corrected chi connectivity index (χ4v) is 4.95. The number of benzene rings is 1. The topological polar surface area (TPSA) is 93.4 Å². The summed E-state index contributed by atoms with van der Waals surface area (Å²) in [6, 6.07) is 8.27. The average Bonchev–Trinajstić information content (AvgIpc) is 3.27. The van der Waals surface area contributed by atoms with E-state index in [1.807, 2.05) is 0 Å². The van der Waals surface area contributed by atoms with E-state index < -0.39 is 9.84 Å². The molecule has 7 nitrogen and oxygen atoms in total. The van der Waals surface area contributed by atoms with Gasteiger partial charge in [-0.2, -0.15) is 0 Å². The molecule has 0 unspecified atom stereocenters. The van der Waals surface area contributed by atoms with Gasteiger partial charge in [-0.3, -0.25) is 14.8 Å². The normalized spacial score (nSPS) is 18.8. The molecular formula is C18H17N3O4S. The summed E-state index contributed by atoms with van der Waals surface area (Å²) in [5.41, 5.74) is 1.77. The quantitative estimate of drug-likeness (QED) is 0.697. The maximum absolute atomic E-state index is 13.2. The number of hydrogen-bond donors (Lipinski definition) is 0. The molecule has 1 aliphatic rings. The molecule has 0 bridgehead atoms. The number of fused-ring (bicyclic) bond motifs is 1. The van der Waals surface area contributed by atoms with Gasteiger partial charge in [-0.15, -0.1) is 0 Å². The Morgan fingerprint density at radius 3 is 2.69 bits per heavy atom. The van der Waals surface area contributed by atoms with Crippen LogP contribution in [0.5, 0.6) is 0 Å². The third-order valence-corrected chi connectivity index (χ3v) is 6.28. The van der Waals surface area contributed by atoms with Crippen molar-refractivity contribution in [3.05, 3.63) is 60.3 Å². The van der Waals surface area contributed by atoms with E-state index in [1.54, 1.807) is 47.6 Å². The van der Waals surface area contributed by atoms with Crippen LogP contribution in [-0.4, -0.2) is 46.7 Å². The molecule has 0 spiro atoms. The van der Waals surface area contributed by atoms with E-state index in [4.69, 9.17) is 4.42 Å². The molecule has 2 aromatic heterocycles. The number of carbonyl (C=O) groups is 1. The highest BCUT2D eigenvalue weighted by Crippen LogP contribution is 2.23. The Morgan fingerprint density at radius 1 is 1.19 bits per heavy atom. The predicted octanol–water partition coefficient (Wildman–Crippen LogP) is 2.05. The Hall–Kier alpha value is -2.74. The highest BCUT2D eigenvalue weighted by Gasteiger charge is 2.35. The second-order valence-electron chi connectivity index (χ2n) is 6.33. The summed E-state index contributed by atoms with van der Waals surface area (Å²) in [5, 5.41) is 0. The van der Waals surface area contributed by atoms with Crippen LogP contribution >= 0.6 is 0 Å². The monoisotopic (exact) mass is 371 g/mol. The lowest BCUT2D eigenvalue weighted by atomic mass is 10.1. The Labute approximate surface area is 150 Å². The van der Waals surface area contributed by atoms with Crippen LogP contribution in [0.3, 0.4) is 0 Å². The van der Waals surface area contributed by atoms with Crippen molar-refractivity contribution < 1.29 is 17.6 Å². The van der Waals surface area contributed by atoms with Crippen LogP contribution in [0.25, 0.3) is 11.0 Å². The third-order valence-electron chi connectivity index (χ3n) is 4.53. The van der Waals surface area contributed by atoms with Crippen LogP contribution < -0.4 is 0 Å². The van der Waals surface area contributed by atoms with Gasteiger partial charge in [-0.1, -0.05) is 0 Å². The summed E-state index contributed by atoms with van der Waals surface area (Å²) in [6.07, 6.45) is 5.13. The molecule has 1 amide bonds. The summed E-state index contributed by atoms with van der Waals surface area (Å²) in [4.78, 5) is 23.2. The van der Waals surface area contributed by atoms with Crippen molar-refractivity contribution in [3.8, 4) is 0 Å². The highest BCUT2D eigenvalue weighted by atomic mass is 32.2. The van der Waals surface area contributed by atoms with Crippen LogP contribution in [0, 0.1) is 0 Å². The Morgan fingerprint density at radius 2 is 2.00 bits per heavy atom. The second-order valence-corrected chi connectivity index (χ2v) is 8.56. The summed E-state index contributed by atoms with van der Waals surface area (Å²) in [7, 11) is -3.12. The molecule has 3 aromatic rings. The Bertz CT molecular complexity index is 1050. The zero-order valence-electron chi connectivity index (χ0n) is 13.9. The molecule has 0 radical (unpaired) electrons. The molecule has 1 aliphatic heterocycles. The molecule has 0 saturated carbocycles.